The highest BCUT2D eigenvalue weighted by molar-refractivity contribution is 8.13. The Morgan fingerprint density at radius 2 is 2.07 bits per heavy atom. The second-order valence-electron chi connectivity index (χ2n) is 4.51. The van der Waals surface area contributed by atoms with E-state index in [9.17, 15) is 8.42 Å². The van der Waals surface area contributed by atoms with E-state index in [-0.39, 0.29) is 11.2 Å². The van der Waals surface area contributed by atoms with Crippen LogP contribution in [0.5, 0.6) is 0 Å². The van der Waals surface area contributed by atoms with E-state index in [1.807, 2.05) is 20.8 Å². The summed E-state index contributed by atoms with van der Waals surface area (Å²) in [5.41, 5.74) is 1.80. The van der Waals surface area contributed by atoms with E-state index in [0.717, 1.165) is 11.3 Å². The van der Waals surface area contributed by atoms with E-state index in [1.54, 1.807) is 6.20 Å². The maximum Gasteiger partial charge on any atom is 0.232 e. The molecule has 0 unspecified atom stereocenters. The van der Waals surface area contributed by atoms with Crippen LogP contribution in [0, 0.1) is 0 Å². The predicted octanol–water partition coefficient (Wildman–Crippen LogP) is 1.82. The van der Waals surface area contributed by atoms with E-state index in [4.69, 9.17) is 10.7 Å². The van der Waals surface area contributed by atoms with Gasteiger partial charge in [0, 0.05) is 21.8 Å². The zero-order valence-corrected chi connectivity index (χ0v) is 10.6. The quantitative estimate of drug-likeness (QED) is 0.833. The largest absolute Gasteiger partial charge is 0.282 e. The number of aromatic nitrogens is 2. The van der Waals surface area contributed by atoms with Gasteiger partial charge < -0.3 is 0 Å². The van der Waals surface area contributed by atoms with Crippen molar-refractivity contribution in [1.29, 1.82) is 0 Å². The number of aryl methyl sites for hydroxylation is 1. The molecular weight excluding hydrogens is 236 g/mol. The summed E-state index contributed by atoms with van der Waals surface area (Å²) in [4.78, 5) is 0. The molecular formula is C9H15ClN2O2S. The fraction of sp³-hybridized carbons (Fsp3) is 0.667. The summed E-state index contributed by atoms with van der Waals surface area (Å²) >= 11 is 0. The molecule has 1 rings (SSSR count). The topological polar surface area (TPSA) is 62.8 Å². The molecule has 1 aromatic rings. The average Bonchev–Trinajstić information content (AvgIpc) is 2.45. The fourth-order valence-electron chi connectivity index (χ4n) is 1.38. The molecule has 0 atom stereocenters. The summed E-state index contributed by atoms with van der Waals surface area (Å²) in [6.45, 7) is 6.12. The lowest BCUT2D eigenvalue weighted by Gasteiger charge is -2.18. The number of hydrogen-bond acceptors (Lipinski definition) is 3. The molecule has 1 heterocycles. The summed E-state index contributed by atoms with van der Waals surface area (Å²) in [7, 11) is 1.73. The van der Waals surface area contributed by atoms with Gasteiger partial charge in [0.15, 0.2) is 0 Å². The fourth-order valence-corrected chi connectivity index (χ4v) is 2.08. The van der Waals surface area contributed by atoms with Crippen molar-refractivity contribution in [2.75, 3.05) is 5.75 Å². The van der Waals surface area contributed by atoms with E-state index >= 15 is 0 Å². The van der Waals surface area contributed by atoms with Crippen molar-refractivity contribution < 1.29 is 8.42 Å². The van der Waals surface area contributed by atoms with Crippen LogP contribution in [0.2, 0.25) is 0 Å². The van der Waals surface area contributed by atoms with Crippen LogP contribution in [0.4, 0.5) is 0 Å². The summed E-state index contributed by atoms with van der Waals surface area (Å²) in [6, 6.07) is 0. The van der Waals surface area contributed by atoms with Crippen molar-refractivity contribution in [3.05, 3.63) is 17.5 Å². The van der Waals surface area contributed by atoms with Gasteiger partial charge in [-0.3, -0.25) is 5.10 Å². The highest BCUT2D eigenvalue weighted by Gasteiger charge is 2.20. The van der Waals surface area contributed by atoms with Gasteiger partial charge in [0.25, 0.3) is 0 Å². The maximum absolute atomic E-state index is 10.8. The van der Waals surface area contributed by atoms with Crippen molar-refractivity contribution in [2.24, 2.45) is 0 Å². The van der Waals surface area contributed by atoms with Gasteiger partial charge in [-0.15, -0.1) is 0 Å². The van der Waals surface area contributed by atoms with Crippen LogP contribution in [0.3, 0.4) is 0 Å². The molecule has 0 saturated heterocycles. The standard InChI is InChI=1S/C9H15ClN2O2S/c1-9(2,3)8-7(6-11-12-8)4-5-15(10,13)14/h6H,4-5H2,1-3H3,(H,11,12). The minimum absolute atomic E-state index is 0.0584. The molecule has 0 aliphatic heterocycles. The SMILES string of the molecule is CC(C)(C)c1[nH]ncc1CCS(=O)(=O)Cl. The minimum atomic E-state index is -3.43. The third kappa shape index (κ3) is 3.83. The van der Waals surface area contributed by atoms with Crippen molar-refractivity contribution >= 4 is 19.7 Å². The molecule has 0 fully saturated rings. The van der Waals surface area contributed by atoms with Gasteiger partial charge in [0.05, 0.1) is 11.9 Å². The van der Waals surface area contributed by atoms with E-state index in [1.165, 1.54) is 0 Å². The molecule has 86 valence electrons. The molecule has 0 aliphatic carbocycles. The number of aromatic amines is 1. The molecule has 6 heteroatoms. The number of halogens is 1. The Balaban J connectivity index is 2.84. The predicted molar refractivity (Wildman–Crippen MR) is 60.6 cm³/mol. The monoisotopic (exact) mass is 250 g/mol. The van der Waals surface area contributed by atoms with Gasteiger partial charge in [-0.25, -0.2) is 8.42 Å². The molecule has 0 aromatic carbocycles. The number of rotatable bonds is 3. The van der Waals surface area contributed by atoms with Crippen molar-refractivity contribution in [1.82, 2.24) is 10.2 Å². The second kappa shape index (κ2) is 4.14. The molecule has 15 heavy (non-hydrogen) atoms. The Morgan fingerprint density at radius 1 is 1.47 bits per heavy atom. The zero-order chi connectivity index (χ0) is 11.7. The van der Waals surface area contributed by atoms with Crippen LogP contribution in [-0.2, 0) is 20.9 Å². The van der Waals surface area contributed by atoms with E-state index in [2.05, 4.69) is 10.2 Å². The van der Waals surface area contributed by atoms with Crippen LogP contribution < -0.4 is 0 Å². The molecule has 0 bridgehead atoms. The van der Waals surface area contributed by atoms with Gasteiger partial charge in [-0.2, -0.15) is 5.10 Å². The van der Waals surface area contributed by atoms with Gasteiger partial charge in [0.2, 0.25) is 9.05 Å². The smallest absolute Gasteiger partial charge is 0.232 e. The van der Waals surface area contributed by atoms with Gasteiger partial charge in [0.1, 0.15) is 0 Å². The third-order valence-electron chi connectivity index (χ3n) is 2.08. The number of hydrogen-bond donors (Lipinski definition) is 1. The Bertz CT molecular complexity index is 431. The highest BCUT2D eigenvalue weighted by atomic mass is 35.7. The molecule has 1 N–H and O–H groups in total. The summed E-state index contributed by atoms with van der Waals surface area (Å²) in [6.07, 6.45) is 2.05. The first-order valence-corrected chi connectivity index (χ1v) is 7.13. The number of nitrogens with one attached hydrogen (secondary N) is 1. The summed E-state index contributed by atoms with van der Waals surface area (Å²) in [5.74, 6) is -0.0584. The van der Waals surface area contributed by atoms with Crippen LogP contribution in [0.25, 0.3) is 0 Å². The average molecular weight is 251 g/mol. The zero-order valence-electron chi connectivity index (χ0n) is 9.04. The lowest BCUT2D eigenvalue weighted by Crippen LogP contribution is -2.15. The molecule has 0 aliphatic rings. The molecule has 0 radical (unpaired) electrons. The second-order valence-corrected chi connectivity index (χ2v) is 7.41. The normalized spacial score (nSPS) is 13.1. The van der Waals surface area contributed by atoms with Crippen LogP contribution in [0.15, 0.2) is 6.20 Å². The number of H-pyrrole nitrogens is 1. The van der Waals surface area contributed by atoms with Gasteiger partial charge in [-0.1, -0.05) is 20.8 Å². The molecule has 0 amide bonds. The number of nitrogens with zero attached hydrogens (tertiary/aromatic N) is 1. The van der Waals surface area contributed by atoms with E-state index < -0.39 is 9.05 Å². The maximum atomic E-state index is 10.8. The summed E-state index contributed by atoms with van der Waals surface area (Å²) in [5, 5.41) is 6.82. The molecule has 4 nitrogen and oxygen atoms in total. The molecule has 0 spiro atoms. The minimum Gasteiger partial charge on any atom is -0.282 e. The van der Waals surface area contributed by atoms with E-state index in [0.29, 0.717) is 6.42 Å². The molecule has 1 aromatic heterocycles. The van der Waals surface area contributed by atoms with Crippen molar-refractivity contribution in [3.63, 3.8) is 0 Å². The first-order valence-electron chi connectivity index (χ1n) is 4.65. The molecule has 0 saturated carbocycles. The first-order chi connectivity index (χ1) is 6.70. The highest BCUT2D eigenvalue weighted by Crippen LogP contribution is 2.23. The summed E-state index contributed by atoms with van der Waals surface area (Å²) < 4.78 is 21.6. The van der Waals surface area contributed by atoms with Crippen LogP contribution in [0.1, 0.15) is 32.0 Å². The Hall–Kier alpha value is -0.550. The lowest BCUT2D eigenvalue weighted by molar-refractivity contribution is 0.560. The van der Waals surface area contributed by atoms with Crippen LogP contribution in [-0.4, -0.2) is 24.4 Å². The van der Waals surface area contributed by atoms with Gasteiger partial charge >= 0.3 is 0 Å². The Morgan fingerprint density at radius 3 is 2.53 bits per heavy atom. The Kier molecular flexibility index (Phi) is 3.45. The Labute approximate surface area is 94.5 Å². The van der Waals surface area contributed by atoms with Crippen molar-refractivity contribution in [3.8, 4) is 0 Å². The lowest BCUT2D eigenvalue weighted by atomic mass is 9.89. The van der Waals surface area contributed by atoms with Gasteiger partial charge in [-0.05, 0) is 12.0 Å². The van der Waals surface area contributed by atoms with Crippen molar-refractivity contribution in [2.45, 2.75) is 32.6 Å². The van der Waals surface area contributed by atoms with Crippen LogP contribution >= 0.6 is 10.7 Å². The third-order valence-corrected chi connectivity index (χ3v) is 3.24. The first kappa shape index (κ1) is 12.5.